The van der Waals surface area contributed by atoms with E-state index in [1.54, 1.807) is 23.5 Å². The summed E-state index contributed by atoms with van der Waals surface area (Å²) in [7, 11) is 0. The van der Waals surface area contributed by atoms with Crippen LogP contribution in [-0.4, -0.2) is 10.9 Å². The van der Waals surface area contributed by atoms with Crippen molar-refractivity contribution in [2.75, 3.05) is 0 Å². The van der Waals surface area contributed by atoms with Gasteiger partial charge in [-0.05, 0) is 31.2 Å². The molecular weight excluding hydrogens is 351 g/mol. The zero-order valence-corrected chi connectivity index (χ0v) is 14.4. The second-order valence-corrected chi connectivity index (χ2v) is 6.64. The van der Waals surface area contributed by atoms with Crippen molar-refractivity contribution in [2.45, 2.75) is 19.9 Å². The van der Waals surface area contributed by atoms with Gasteiger partial charge in [0.25, 0.3) is 0 Å². The summed E-state index contributed by atoms with van der Waals surface area (Å²) in [6, 6.07) is 7.93. The van der Waals surface area contributed by atoms with Crippen LogP contribution in [0.4, 0.5) is 4.39 Å². The Morgan fingerprint density at radius 1 is 1.38 bits per heavy atom. The van der Waals surface area contributed by atoms with Gasteiger partial charge in [0.2, 0.25) is 5.91 Å². The number of nitrogens with one attached hydrogen (secondary N) is 1. The first-order valence-electron chi connectivity index (χ1n) is 7.23. The molecule has 7 heteroatoms. The van der Waals surface area contributed by atoms with Gasteiger partial charge in [0, 0.05) is 16.0 Å². The number of halogens is 2. The number of carbonyl (C=O) groups is 1. The van der Waals surface area contributed by atoms with E-state index in [4.69, 9.17) is 16.0 Å². The molecule has 0 bridgehead atoms. The number of benzene rings is 1. The minimum absolute atomic E-state index is 0.121. The number of aromatic nitrogens is 1. The quantitative estimate of drug-likeness (QED) is 0.731. The largest absolute Gasteiger partial charge is 0.458 e. The molecule has 0 spiro atoms. The second-order valence-electron chi connectivity index (χ2n) is 5.17. The molecular formula is C17H14ClFN2O2S. The summed E-state index contributed by atoms with van der Waals surface area (Å²) in [5.74, 6) is 0.436. The minimum atomic E-state index is -0.489. The van der Waals surface area contributed by atoms with Crippen molar-refractivity contribution in [1.82, 2.24) is 10.3 Å². The van der Waals surface area contributed by atoms with Crippen LogP contribution >= 0.6 is 22.9 Å². The predicted octanol–water partition coefficient (Wildman–Crippen LogP) is 4.36. The van der Waals surface area contributed by atoms with Crippen LogP contribution in [0.25, 0.3) is 11.5 Å². The number of hydrogen-bond donors (Lipinski definition) is 1. The molecule has 1 amide bonds. The van der Waals surface area contributed by atoms with Crippen LogP contribution in [0, 0.1) is 12.7 Å². The predicted molar refractivity (Wildman–Crippen MR) is 91.5 cm³/mol. The average Bonchev–Trinajstić information content (AvgIpc) is 3.18. The molecule has 2 heterocycles. The van der Waals surface area contributed by atoms with Gasteiger partial charge >= 0.3 is 0 Å². The van der Waals surface area contributed by atoms with E-state index in [9.17, 15) is 9.18 Å². The number of aryl methyl sites for hydroxylation is 1. The summed E-state index contributed by atoms with van der Waals surface area (Å²) in [6.45, 7) is 2.14. The fourth-order valence-electron chi connectivity index (χ4n) is 2.20. The molecule has 1 N–H and O–H groups in total. The third-order valence-corrected chi connectivity index (χ3v) is 4.52. The Kier molecular flexibility index (Phi) is 4.97. The maximum atomic E-state index is 13.7. The van der Waals surface area contributed by atoms with Crippen molar-refractivity contribution in [2.24, 2.45) is 0 Å². The van der Waals surface area contributed by atoms with Crippen LogP contribution in [0.2, 0.25) is 5.02 Å². The maximum absolute atomic E-state index is 13.7. The van der Waals surface area contributed by atoms with Crippen LogP contribution in [0.5, 0.6) is 0 Å². The van der Waals surface area contributed by atoms with Gasteiger partial charge in [-0.3, -0.25) is 4.79 Å². The first-order chi connectivity index (χ1) is 11.5. The highest BCUT2D eigenvalue weighted by atomic mass is 35.5. The van der Waals surface area contributed by atoms with Crippen LogP contribution in [0.1, 0.15) is 16.3 Å². The van der Waals surface area contributed by atoms with Crippen molar-refractivity contribution < 1.29 is 13.6 Å². The van der Waals surface area contributed by atoms with E-state index in [2.05, 4.69) is 10.3 Å². The van der Waals surface area contributed by atoms with E-state index < -0.39 is 5.82 Å². The van der Waals surface area contributed by atoms with Crippen molar-refractivity contribution >= 4 is 28.8 Å². The third-order valence-electron chi connectivity index (χ3n) is 3.39. The fourth-order valence-corrected chi connectivity index (χ4v) is 3.03. The molecule has 0 saturated heterocycles. The van der Waals surface area contributed by atoms with E-state index in [-0.39, 0.29) is 29.5 Å². The molecule has 3 aromatic rings. The van der Waals surface area contributed by atoms with Gasteiger partial charge < -0.3 is 9.73 Å². The molecule has 124 valence electrons. The van der Waals surface area contributed by atoms with E-state index in [1.807, 2.05) is 18.4 Å². The number of rotatable bonds is 5. The second kappa shape index (κ2) is 7.15. The highest BCUT2D eigenvalue weighted by Gasteiger charge is 2.13. The lowest BCUT2D eigenvalue weighted by Crippen LogP contribution is -2.24. The Labute approximate surface area is 147 Å². The Morgan fingerprint density at radius 3 is 2.92 bits per heavy atom. The van der Waals surface area contributed by atoms with Gasteiger partial charge in [0.15, 0.2) is 5.76 Å². The molecule has 0 unspecified atom stereocenters. The van der Waals surface area contributed by atoms with Crippen LogP contribution in [0.3, 0.4) is 0 Å². The molecule has 0 aliphatic carbocycles. The molecule has 0 saturated carbocycles. The lowest BCUT2D eigenvalue weighted by molar-refractivity contribution is -0.120. The average molecular weight is 365 g/mol. The lowest BCUT2D eigenvalue weighted by atomic mass is 10.1. The number of amides is 1. The van der Waals surface area contributed by atoms with E-state index in [0.29, 0.717) is 11.5 Å². The van der Waals surface area contributed by atoms with Gasteiger partial charge in [-0.25, -0.2) is 9.37 Å². The molecule has 0 atom stereocenters. The SMILES string of the molecule is Cc1nc(-c2ccc(CNC(=O)Cc3c(F)cccc3Cl)o2)cs1. The summed E-state index contributed by atoms with van der Waals surface area (Å²) >= 11 is 7.46. The van der Waals surface area contributed by atoms with E-state index >= 15 is 0 Å². The normalized spacial score (nSPS) is 10.8. The van der Waals surface area contributed by atoms with Crippen molar-refractivity contribution in [3.05, 3.63) is 62.9 Å². The van der Waals surface area contributed by atoms with Crippen molar-refractivity contribution in [3.63, 3.8) is 0 Å². The Hall–Kier alpha value is -2.18. The Morgan fingerprint density at radius 2 is 2.21 bits per heavy atom. The molecule has 4 nitrogen and oxygen atoms in total. The molecule has 0 fully saturated rings. The number of carbonyl (C=O) groups excluding carboxylic acids is 1. The van der Waals surface area contributed by atoms with Crippen molar-refractivity contribution in [3.8, 4) is 11.5 Å². The highest BCUT2D eigenvalue weighted by molar-refractivity contribution is 7.09. The van der Waals surface area contributed by atoms with E-state index in [1.165, 1.54) is 12.1 Å². The highest BCUT2D eigenvalue weighted by Crippen LogP contribution is 2.24. The minimum Gasteiger partial charge on any atom is -0.458 e. The maximum Gasteiger partial charge on any atom is 0.224 e. The van der Waals surface area contributed by atoms with Crippen LogP contribution in [0.15, 0.2) is 40.1 Å². The van der Waals surface area contributed by atoms with Gasteiger partial charge in [-0.1, -0.05) is 17.7 Å². The first-order valence-corrected chi connectivity index (χ1v) is 8.49. The van der Waals surface area contributed by atoms with Gasteiger partial charge in [-0.15, -0.1) is 11.3 Å². The summed E-state index contributed by atoms with van der Waals surface area (Å²) in [6.07, 6.45) is -0.121. The number of hydrogen-bond acceptors (Lipinski definition) is 4. The zero-order valence-electron chi connectivity index (χ0n) is 12.8. The number of thiazole rings is 1. The monoisotopic (exact) mass is 364 g/mol. The summed E-state index contributed by atoms with van der Waals surface area (Å²) < 4.78 is 19.3. The van der Waals surface area contributed by atoms with Gasteiger partial charge in [-0.2, -0.15) is 0 Å². The number of furan rings is 1. The van der Waals surface area contributed by atoms with Crippen molar-refractivity contribution in [1.29, 1.82) is 0 Å². The topological polar surface area (TPSA) is 55.1 Å². The molecule has 3 rings (SSSR count). The Bertz CT molecular complexity index is 855. The summed E-state index contributed by atoms with van der Waals surface area (Å²) in [4.78, 5) is 16.3. The first kappa shape index (κ1) is 16.7. The van der Waals surface area contributed by atoms with Gasteiger partial charge in [0.05, 0.1) is 18.0 Å². The zero-order chi connectivity index (χ0) is 17.1. The van der Waals surface area contributed by atoms with Crippen LogP contribution < -0.4 is 5.32 Å². The fraction of sp³-hybridized carbons (Fsp3) is 0.176. The lowest BCUT2D eigenvalue weighted by Gasteiger charge is -2.06. The molecule has 1 aromatic carbocycles. The van der Waals surface area contributed by atoms with E-state index in [0.717, 1.165) is 10.7 Å². The molecule has 0 aliphatic heterocycles. The summed E-state index contributed by atoms with van der Waals surface area (Å²) in [5, 5.41) is 5.81. The standard InChI is InChI=1S/C17H14ClFN2O2S/c1-10-21-15(9-24-10)16-6-5-11(23-16)8-20-17(22)7-12-13(18)3-2-4-14(12)19/h2-6,9H,7-8H2,1H3,(H,20,22). The number of nitrogens with zero attached hydrogens (tertiary/aromatic N) is 1. The third kappa shape index (κ3) is 3.83. The molecule has 0 radical (unpaired) electrons. The Balaban J connectivity index is 1.60. The van der Waals surface area contributed by atoms with Gasteiger partial charge in [0.1, 0.15) is 17.3 Å². The molecule has 0 aliphatic rings. The smallest absolute Gasteiger partial charge is 0.224 e. The summed E-state index contributed by atoms with van der Waals surface area (Å²) in [5.41, 5.74) is 0.961. The molecule has 24 heavy (non-hydrogen) atoms. The molecule has 2 aromatic heterocycles. The van der Waals surface area contributed by atoms with Crippen LogP contribution in [-0.2, 0) is 17.8 Å².